The van der Waals surface area contributed by atoms with E-state index in [4.69, 9.17) is 4.74 Å². The molecule has 1 atom stereocenters. The third-order valence-electron chi connectivity index (χ3n) is 2.33. The van der Waals surface area contributed by atoms with Crippen molar-refractivity contribution in [1.29, 1.82) is 0 Å². The fraction of sp³-hybridized carbons (Fsp3) is 0.400. The highest BCUT2D eigenvalue weighted by Crippen LogP contribution is 2.29. The van der Waals surface area contributed by atoms with Gasteiger partial charge in [0.05, 0.1) is 16.6 Å². The molecule has 1 fully saturated rings. The first-order chi connectivity index (χ1) is 7.20. The maximum absolute atomic E-state index is 13.7. The molecule has 0 radical (unpaired) electrons. The van der Waals surface area contributed by atoms with E-state index in [0.717, 1.165) is 0 Å². The molecule has 0 bridgehead atoms. The van der Waals surface area contributed by atoms with Crippen molar-refractivity contribution in [1.82, 2.24) is 5.32 Å². The van der Waals surface area contributed by atoms with Crippen molar-refractivity contribution >= 4 is 15.9 Å². The lowest BCUT2D eigenvalue weighted by Crippen LogP contribution is -2.34. The minimum atomic E-state index is -0.580. The van der Waals surface area contributed by atoms with Crippen LogP contribution in [0.2, 0.25) is 0 Å². The van der Waals surface area contributed by atoms with E-state index in [1.165, 1.54) is 12.1 Å². The van der Waals surface area contributed by atoms with Crippen LogP contribution in [0.4, 0.5) is 8.78 Å². The van der Waals surface area contributed by atoms with Crippen molar-refractivity contribution in [2.24, 2.45) is 0 Å². The Kier molecular flexibility index (Phi) is 3.33. The number of benzene rings is 1. The summed E-state index contributed by atoms with van der Waals surface area (Å²) in [5, 5.41) is 3.03. The van der Waals surface area contributed by atoms with Crippen molar-refractivity contribution in [3.8, 4) is 0 Å². The second-order valence-electron chi connectivity index (χ2n) is 3.32. The minimum Gasteiger partial charge on any atom is -0.371 e. The Hall–Kier alpha value is -0.520. The number of halogens is 3. The molecule has 0 spiro atoms. The normalized spacial score (nSPS) is 21.7. The van der Waals surface area contributed by atoms with E-state index in [9.17, 15) is 8.78 Å². The third-order valence-corrected chi connectivity index (χ3v) is 2.94. The van der Waals surface area contributed by atoms with E-state index in [2.05, 4.69) is 21.2 Å². The molecule has 1 heterocycles. The fourth-order valence-corrected chi connectivity index (χ4v) is 1.93. The molecule has 1 aliphatic rings. The Labute approximate surface area is 94.7 Å². The van der Waals surface area contributed by atoms with Gasteiger partial charge in [0.15, 0.2) is 0 Å². The number of morpholine rings is 1. The maximum Gasteiger partial charge on any atom is 0.146 e. The lowest BCUT2D eigenvalue weighted by atomic mass is 10.1. The molecule has 0 amide bonds. The van der Waals surface area contributed by atoms with Gasteiger partial charge in [-0.2, -0.15) is 0 Å². The van der Waals surface area contributed by atoms with Crippen molar-refractivity contribution in [3.05, 3.63) is 33.8 Å². The van der Waals surface area contributed by atoms with Gasteiger partial charge in [-0.05, 0) is 28.1 Å². The van der Waals surface area contributed by atoms with Gasteiger partial charge in [0, 0.05) is 13.1 Å². The van der Waals surface area contributed by atoms with Crippen LogP contribution in [0.3, 0.4) is 0 Å². The van der Waals surface area contributed by atoms with Crippen LogP contribution in [0.25, 0.3) is 0 Å². The monoisotopic (exact) mass is 277 g/mol. The van der Waals surface area contributed by atoms with Crippen LogP contribution in [0, 0.1) is 11.6 Å². The smallest absolute Gasteiger partial charge is 0.146 e. The third kappa shape index (κ3) is 2.19. The molecule has 1 aliphatic heterocycles. The van der Waals surface area contributed by atoms with Crippen molar-refractivity contribution in [2.45, 2.75) is 6.10 Å². The molecule has 0 aromatic heterocycles. The average molecular weight is 278 g/mol. The SMILES string of the molecule is Fc1ccc(Br)c(F)c1C1CNCCO1. The van der Waals surface area contributed by atoms with Gasteiger partial charge in [0.2, 0.25) is 0 Å². The highest BCUT2D eigenvalue weighted by molar-refractivity contribution is 9.10. The second kappa shape index (κ2) is 4.55. The summed E-state index contributed by atoms with van der Waals surface area (Å²) in [4.78, 5) is 0. The molecule has 15 heavy (non-hydrogen) atoms. The first kappa shape index (κ1) is 11.0. The van der Waals surface area contributed by atoms with Gasteiger partial charge in [-0.25, -0.2) is 8.78 Å². The summed E-state index contributed by atoms with van der Waals surface area (Å²) in [5.41, 5.74) is -0.00317. The standard InChI is InChI=1S/C10H10BrF2NO/c11-6-1-2-7(12)9(10(6)13)8-5-14-3-4-15-8/h1-2,8,14H,3-5H2. The first-order valence-electron chi connectivity index (χ1n) is 4.66. The van der Waals surface area contributed by atoms with E-state index in [-0.39, 0.29) is 10.0 Å². The van der Waals surface area contributed by atoms with Gasteiger partial charge in [-0.1, -0.05) is 0 Å². The zero-order chi connectivity index (χ0) is 10.8. The van der Waals surface area contributed by atoms with Gasteiger partial charge in [-0.3, -0.25) is 0 Å². The molecule has 82 valence electrons. The molecule has 1 unspecified atom stereocenters. The predicted octanol–water partition coefficient (Wildman–Crippen LogP) is 2.39. The largest absolute Gasteiger partial charge is 0.371 e. The van der Waals surface area contributed by atoms with E-state index in [1.807, 2.05) is 0 Å². The van der Waals surface area contributed by atoms with Gasteiger partial charge >= 0.3 is 0 Å². The van der Waals surface area contributed by atoms with E-state index >= 15 is 0 Å². The molecule has 1 N–H and O–H groups in total. The Balaban J connectivity index is 2.36. The van der Waals surface area contributed by atoms with Crippen LogP contribution in [-0.4, -0.2) is 19.7 Å². The summed E-state index contributed by atoms with van der Waals surface area (Å²) in [6.07, 6.45) is -0.545. The summed E-state index contributed by atoms with van der Waals surface area (Å²) in [7, 11) is 0. The molecule has 2 nitrogen and oxygen atoms in total. The molecule has 0 aliphatic carbocycles. The molecule has 5 heteroatoms. The zero-order valence-corrected chi connectivity index (χ0v) is 9.48. The summed E-state index contributed by atoms with van der Waals surface area (Å²) in [6.45, 7) is 1.62. The van der Waals surface area contributed by atoms with Gasteiger partial charge in [0.1, 0.15) is 17.7 Å². The topological polar surface area (TPSA) is 21.3 Å². The Bertz CT molecular complexity index is 367. The molecular formula is C10H10BrF2NO. The van der Waals surface area contributed by atoms with Crippen LogP contribution in [0.1, 0.15) is 11.7 Å². The molecule has 1 aromatic rings. The van der Waals surface area contributed by atoms with Crippen molar-refractivity contribution in [3.63, 3.8) is 0 Å². The summed E-state index contributed by atoms with van der Waals surface area (Å²) < 4.78 is 32.7. The number of ether oxygens (including phenoxy) is 1. The van der Waals surface area contributed by atoms with Gasteiger partial charge in [-0.15, -0.1) is 0 Å². The van der Waals surface area contributed by atoms with Gasteiger partial charge < -0.3 is 10.1 Å². The van der Waals surface area contributed by atoms with Crippen LogP contribution in [0.5, 0.6) is 0 Å². The van der Waals surface area contributed by atoms with E-state index in [1.54, 1.807) is 0 Å². The Morgan fingerprint density at radius 2 is 2.20 bits per heavy atom. The summed E-state index contributed by atoms with van der Waals surface area (Å²) in [6, 6.07) is 2.59. The van der Waals surface area contributed by atoms with Gasteiger partial charge in [0.25, 0.3) is 0 Å². The Morgan fingerprint density at radius 1 is 1.40 bits per heavy atom. The quantitative estimate of drug-likeness (QED) is 0.796. The molecule has 0 saturated carbocycles. The lowest BCUT2D eigenvalue weighted by molar-refractivity contribution is 0.0231. The fourth-order valence-electron chi connectivity index (χ4n) is 1.59. The van der Waals surface area contributed by atoms with Crippen molar-refractivity contribution in [2.75, 3.05) is 19.7 Å². The Morgan fingerprint density at radius 3 is 2.87 bits per heavy atom. The second-order valence-corrected chi connectivity index (χ2v) is 4.17. The number of nitrogens with one attached hydrogen (secondary N) is 1. The number of hydrogen-bond acceptors (Lipinski definition) is 2. The number of hydrogen-bond donors (Lipinski definition) is 1. The van der Waals surface area contributed by atoms with Crippen LogP contribution in [0.15, 0.2) is 16.6 Å². The van der Waals surface area contributed by atoms with Crippen molar-refractivity contribution < 1.29 is 13.5 Å². The molecule has 2 rings (SSSR count). The molecular weight excluding hydrogens is 268 g/mol. The predicted molar refractivity (Wildman–Crippen MR) is 55.6 cm³/mol. The van der Waals surface area contributed by atoms with Crippen LogP contribution in [-0.2, 0) is 4.74 Å². The molecule has 1 saturated heterocycles. The zero-order valence-electron chi connectivity index (χ0n) is 7.90. The van der Waals surface area contributed by atoms with Crippen LogP contribution >= 0.6 is 15.9 Å². The molecule has 1 aromatic carbocycles. The lowest BCUT2D eigenvalue weighted by Gasteiger charge is -2.24. The summed E-state index contributed by atoms with van der Waals surface area (Å²) in [5.74, 6) is -1.15. The highest BCUT2D eigenvalue weighted by atomic mass is 79.9. The maximum atomic E-state index is 13.7. The first-order valence-corrected chi connectivity index (χ1v) is 5.45. The average Bonchev–Trinajstić information content (AvgIpc) is 2.26. The highest BCUT2D eigenvalue weighted by Gasteiger charge is 2.24. The van der Waals surface area contributed by atoms with E-state index in [0.29, 0.717) is 19.7 Å². The number of rotatable bonds is 1. The minimum absolute atomic E-state index is 0.00317. The van der Waals surface area contributed by atoms with Crippen LogP contribution < -0.4 is 5.32 Å². The summed E-state index contributed by atoms with van der Waals surface area (Å²) >= 11 is 3.03. The van der Waals surface area contributed by atoms with E-state index < -0.39 is 17.7 Å².